The first kappa shape index (κ1) is 23.4. The fourth-order valence-electron chi connectivity index (χ4n) is 3.99. The van der Waals surface area contributed by atoms with E-state index in [1.54, 1.807) is 0 Å². The van der Waals surface area contributed by atoms with Crippen LogP contribution in [0.15, 0.2) is 12.2 Å². The second-order valence-corrected chi connectivity index (χ2v) is 11.8. The maximum absolute atomic E-state index is 6.23. The SMILES string of the molecule is C=C(CCCCSC1CCC1C)CCCCC(=[NH2+])CCCSC1CCC1C. The molecule has 2 aliphatic rings. The lowest BCUT2D eigenvalue weighted by Crippen LogP contribution is -2.39. The van der Waals surface area contributed by atoms with Gasteiger partial charge in [-0.2, -0.15) is 23.5 Å². The first-order chi connectivity index (χ1) is 13.1. The summed E-state index contributed by atoms with van der Waals surface area (Å²) in [5.41, 5.74) is 2.69. The van der Waals surface area contributed by atoms with Crippen molar-refractivity contribution >= 4 is 29.2 Å². The first-order valence-corrected chi connectivity index (χ1v) is 13.7. The van der Waals surface area contributed by atoms with E-state index in [0.29, 0.717) is 0 Å². The molecule has 27 heavy (non-hydrogen) atoms. The zero-order valence-electron chi connectivity index (χ0n) is 18.0. The number of nitrogens with two attached hydrogens (primary N) is 1. The van der Waals surface area contributed by atoms with Gasteiger partial charge in [0.25, 0.3) is 0 Å². The Morgan fingerprint density at radius 2 is 1.22 bits per heavy atom. The number of rotatable bonds is 16. The number of hydrogen-bond donors (Lipinski definition) is 1. The van der Waals surface area contributed by atoms with Gasteiger partial charge in [-0.3, -0.25) is 5.41 Å². The van der Waals surface area contributed by atoms with Crippen LogP contribution in [0.4, 0.5) is 0 Å². The molecule has 0 saturated heterocycles. The van der Waals surface area contributed by atoms with Crippen LogP contribution < -0.4 is 5.41 Å². The molecule has 2 saturated carbocycles. The Kier molecular flexibility index (Phi) is 11.6. The molecule has 4 atom stereocenters. The number of hydrogen-bond acceptors (Lipinski definition) is 2. The molecule has 0 aliphatic heterocycles. The molecule has 4 unspecified atom stereocenters. The summed E-state index contributed by atoms with van der Waals surface area (Å²) in [7, 11) is 0. The summed E-state index contributed by atoms with van der Waals surface area (Å²) in [5.74, 6) is 4.57. The van der Waals surface area contributed by atoms with Crippen LogP contribution in [0.1, 0.15) is 97.3 Å². The van der Waals surface area contributed by atoms with Crippen molar-refractivity contribution in [1.82, 2.24) is 0 Å². The van der Waals surface area contributed by atoms with Crippen LogP contribution in [0.5, 0.6) is 0 Å². The van der Waals surface area contributed by atoms with E-state index < -0.39 is 0 Å². The normalized spacial score (nSPS) is 27.0. The van der Waals surface area contributed by atoms with Crippen molar-refractivity contribution in [2.24, 2.45) is 11.8 Å². The molecule has 0 aromatic rings. The molecule has 0 heterocycles. The molecular formula is C24H44NS2+. The predicted molar refractivity (Wildman–Crippen MR) is 127 cm³/mol. The first-order valence-electron chi connectivity index (χ1n) is 11.6. The van der Waals surface area contributed by atoms with Gasteiger partial charge in [0.15, 0.2) is 0 Å². The van der Waals surface area contributed by atoms with Gasteiger partial charge in [-0.25, -0.2) is 0 Å². The molecule has 0 amide bonds. The highest BCUT2D eigenvalue weighted by molar-refractivity contribution is 8.00. The van der Waals surface area contributed by atoms with Crippen LogP contribution in [0.25, 0.3) is 0 Å². The van der Waals surface area contributed by atoms with Crippen molar-refractivity contribution in [3.63, 3.8) is 0 Å². The number of allylic oxidation sites excluding steroid dienone is 1. The summed E-state index contributed by atoms with van der Waals surface area (Å²) in [6.07, 6.45) is 16.9. The van der Waals surface area contributed by atoms with Crippen molar-refractivity contribution in [3.05, 3.63) is 12.2 Å². The van der Waals surface area contributed by atoms with Gasteiger partial charge >= 0.3 is 0 Å². The lowest BCUT2D eigenvalue weighted by Gasteiger charge is -2.33. The van der Waals surface area contributed by atoms with E-state index in [9.17, 15) is 0 Å². The van der Waals surface area contributed by atoms with E-state index in [2.05, 4.69) is 44.0 Å². The van der Waals surface area contributed by atoms with Crippen molar-refractivity contribution < 1.29 is 5.41 Å². The van der Waals surface area contributed by atoms with Crippen LogP contribution in [0, 0.1) is 11.8 Å². The molecule has 2 N–H and O–H groups in total. The zero-order chi connectivity index (χ0) is 19.5. The molecule has 1 nitrogen and oxygen atoms in total. The summed E-state index contributed by atoms with van der Waals surface area (Å²) in [4.78, 5) is 0. The highest BCUT2D eigenvalue weighted by Crippen LogP contribution is 2.38. The molecule has 0 aromatic heterocycles. The van der Waals surface area contributed by atoms with Gasteiger partial charge in [0.05, 0.1) is 0 Å². The lowest BCUT2D eigenvalue weighted by atomic mass is 9.87. The molecule has 3 heteroatoms. The van der Waals surface area contributed by atoms with Crippen molar-refractivity contribution in [2.45, 2.75) is 108 Å². The van der Waals surface area contributed by atoms with E-state index in [-0.39, 0.29) is 0 Å². The van der Waals surface area contributed by atoms with Crippen LogP contribution in [0.2, 0.25) is 0 Å². The summed E-state index contributed by atoms with van der Waals surface area (Å²) < 4.78 is 0. The van der Waals surface area contributed by atoms with Crippen LogP contribution in [-0.2, 0) is 0 Å². The summed E-state index contributed by atoms with van der Waals surface area (Å²) in [5, 5.41) is 8.14. The summed E-state index contributed by atoms with van der Waals surface area (Å²) in [6, 6.07) is 0. The average Bonchev–Trinajstić information content (AvgIpc) is 2.65. The third kappa shape index (κ3) is 9.43. The molecule has 0 spiro atoms. The largest absolute Gasteiger partial charge is 0.261 e. The van der Waals surface area contributed by atoms with Crippen molar-refractivity contribution in [3.8, 4) is 0 Å². The Balaban J connectivity index is 1.33. The van der Waals surface area contributed by atoms with Crippen LogP contribution >= 0.6 is 23.5 Å². The monoisotopic (exact) mass is 410 g/mol. The van der Waals surface area contributed by atoms with Gasteiger partial charge in [-0.1, -0.05) is 26.0 Å². The predicted octanol–water partition coefficient (Wildman–Crippen LogP) is 6.32. The van der Waals surface area contributed by atoms with E-state index in [0.717, 1.165) is 35.2 Å². The molecule has 0 bridgehead atoms. The molecule has 2 aliphatic carbocycles. The quantitative estimate of drug-likeness (QED) is 0.183. The zero-order valence-corrected chi connectivity index (χ0v) is 19.6. The minimum atomic E-state index is 0.942. The van der Waals surface area contributed by atoms with Gasteiger partial charge < -0.3 is 0 Å². The smallest absolute Gasteiger partial charge is 0.149 e. The summed E-state index contributed by atoms with van der Waals surface area (Å²) in [6.45, 7) is 9.09. The Morgan fingerprint density at radius 3 is 1.74 bits per heavy atom. The topological polar surface area (TPSA) is 25.6 Å². The second kappa shape index (κ2) is 13.4. The Hall–Kier alpha value is 0.110. The summed E-state index contributed by atoms with van der Waals surface area (Å²) >= 11 is 4.39. The molecule has 156 valence electrons. The minimum Gasteiger partial charge on any atom is -0.261 e. The molecule has 2 rings (SSSR count). The second-order valence-electron chi connectivity index (χ2n) is 9.10. The van der Waals surface area contributed by atoms with Gasteiger partial charge in [0, 0.05) is 23.3 Å². The van der Waals surface area contributed by atoms with Gasteiger partial charge in [0.2, 0.25) is 0 Å². The van der Waals surface area contributed by atoms with Crippen molar-refractivity contribution in [2.75, 3.05) is 11.5 Å². The van der Waals surface area contributed by atoms with Crippen molar-refractivity contribution in [1.29, 1.82) is 0 Å². The molecule has 0 aromatic carbocycles. The maximum Gasteiger partial charge on any atom is 0.149 e. The Bertz CT molecular complexity index is 448. The average molecular weight is 411 g/mol. The van der Waals surface area contributed by atoms with Gasteiger partial charge in [-0.15, -0.1) is 0 Å². The van der Waals surface area contributed by atoms with Gasteiger partial charge in [0.1, 0.15) is 5.71 Å². The third-order valence-electron chi connectivity index (χ3n) is 6.59. The molecule has 2 fully saturated rings. The highest BCUT2D eigenvalue weighted by atomic mass is 32.2. The lowest BCUT2D eigenvalue weighted by molar-refractivity contribution is -0.119. The Labute approximate surface area is 177 Å². The van der Waals surface area contributed by atoms with Gasteiger partial charge in [-0.05, 0) is 94.0 Å². The van der Waals surface area contributed by atoms with Crippen LogP contribution in [0.3, 0.4) is 0 Å². The van der Waals surface area contributed by atoms with E-state index in [4.69, 9.17) is 5.41 Å². The maximum atomic E-state index is 6.23. The van der Waals surface area contributed by atoms with Crippen LogP contribution in [-0.4, -0.2) is 27.7 Å². The number of unbranched alkanes of at least 4 members (excludes halogenated alkanes) is 2. The minimum absolute atomic E-state index is 0.942. The van der Waals surface area contributed by atoms with E-state index in [1.165, 1.54) is 93.4 Å². The fourth-order valence-corrected chi connectivity index (χ4v) is 6.81. The highest BCUT2D eigenvalue weighted by Gasteiger charge is 2.27. The Morgan fingerprint density at radius 1 is 0.741 bits per heavy atom. The van der Waals surface area contributed by atoms with E-state index >= 15 is 0 Å². The fraction of sp³-hybridized carbons (Fsp3) is 0.875. The third-order valence-corrected chi connectivity index (χ3v) is 9.90. The number of thioether (sulfide) groups is 2. The molecule has 0 radical (unpaired) electrons. The van der Waals surface area contributed by atoms with E-state index in [1.807, 2.05) is 0 Å². The standard InChI is InChI=1S/C24H43NS2/c1-19(10-6-7-17-26-23-15-13-20(23)2)9-4-5-11-22(25)12-8-18-27-24-16-14-21(24)3/h20-21,23-25H,1,4-18H2,2-3H3/p+1. The molecular weight excluding hydrogens is 366 g/mol.